The van der Waals surface area contributed by atoms with Gasteiger partial charge in [-0.05, 0) is 46.0 Å². The van der Waals surface area contributed by atoms with E-state index in [1.807, 2.05) is 18.2 Å². The van der Waals surface area contributed by atoms with Crippen molar-refractivity contribution in [2.24, 2.45) is 4.99 Å². The molecule has 1 atom stereocenters. The molecule has 1 heterocycles. The van der Waals surface area contributed by atoms with E-state index in [0.717, 1.165) is 18.1 Å². The second kappa shape index (κ2) is 9.08. The van der Waals surface area contributed by atoms with Crippen molar-refractivity contribution in [1.29, 1.82) is 0 Å². The zero-order valence-electron chi connectivity index (χ0n) is 14.3. The summed E-state index contributed by atoms with van der Waals surface area (Å²) in [5.74, 6) is 1.10. The lowest BCUT2D eigenvalue weighted by atomic mass is 10.1. The van der Waals surface area contributed by atoms with E-state index < -0.39 is 0 Å². The van der Waals surface area contributed by atoms with Gasteiger partial charge in [0.2, 0.25) is 0 Å². The summed E-state index contributed by atoms with van der Waals surface area (Å²) in [4.78, 5) is 15.9. The summed E-state index contributed by atoms with van der Waals surface area (Å²) in [5, 5.41) is 13.5. The number of rotatable bonds is 6. The molecule has 2 rings (SSSR count). The molecule has 0 saturated carbocycles. The van der Waals surface area contributed by atoms with Crippen LogP contribution >= 0.6 is 11.3 Å². The maximum Gasteiger partial charge on any atom is 0.251 e. The molecule has 24 heavy (non-hydrogen) atoms. The third-order valence-electron chi connectivity index (χ3n) is 3.79. The van der Waals surface area contributed by atoms with Crippen molar-refractivity contribution in [2.45, 2.75) is 19.4 Å². The van der Waals surface area contributed by atoms with Crippen molar-refractivity contribution in [3.8, 4) is 0 Å². The summed E-state index contributed by atoms with van der Waals surface area (Å²) < 4.78 is 0. The molecule has 3 N–H and O–H groups in total. The minimum Gasteiger partial charge on any atom is -0.356 e. The Morgan fingerprint density at radius 2 is 2.12 bits per heavy atom. The number of benzene rings is 1. The quantitative estimate of drug-likeness (QED) is 0.557. The van der Waals surface area contributed by atoms with Crippen molar-refractivity contribution in [3.05, 3.63) is 57.8 Å². The first-order valence-electron chi connectivity index (χ1n) is 7.91. The number of guanidine groups is 1. The first kappa shape index (κ1) is 18.0. The summed E-state index contributed by atoms with van der Waals surface area (Å²) in [6.07, 6.45) is 0. The van der Waals surface area contributed by atoms with Crippen LogP contribution in [0.4, 0.5) is 0 Å². The second-order valence-electron chi connectivity index (χ2n) is 5.54. The van der Waals surface area contributed by atoms with Gasteiger partial charge in [0, 0.05) is 32.7 Å². The second-order valence-corrected chi connectivity index (χ2v) is 6.32. The molecule has 0 aliphatic carbocycles. The van der Waals surface area contributed by atoms with Crippen LogP contribution in [0.1, 0.15) is 34.3 Å². The van der Waals surface area contributed by atoms with Crippen LogP contribution in [0.2, 0.25) is 0 Å². The van der Waals surface area contributed by atoms with Crippen LogP contribution in [0.25, 0.3) is 0 Å². The lowest BCUT2D eigenvalue weighted by molar-refractivity contribution is 0.0963. The molecule has 0 fully saturated rings. The molecule has 0 aliphatic heterocycles. The number of nitrogens with one attached hydrogen (secondary N) is 3. The minimum atomic E-state index is -0.0797. The topological polar surface area (TPSA) is 65.5 Å². The van der Waals surface area contributed by atoms with E-state index in [2.05, 4.69) is 44.7 Å². The van der Waals surface area contributed by atoms with Gasteiger partial charge in [-0.25, -0.2) is 0 Å². The molecule has 128 valence electrons. The zero-order chi connectivity index (χ0) is 17.4. The van der Waals surface area contributed by atoms with Crippen molar-refractivity contribution < 1.29 is 4.79 Å². The third-order valence-corrected chi connectivity index (χ3v) is 4.49. The van der Waals surface area contributed by atoms with Gasteiger partial charge < -0.3 is 16.0 Å². The number of hydrogen-bond donors (Lipinski definition) is 3. The van der Waals surface area contributed by atoms with Gasteiger partial charge in [-0.15, -0.1) is 0 Å². The van der Waals surface area contributed by atoms with Gasteiger partial charge in [0.25, 0.3) is 5.91 Å². The molecular formula is C18H24N4OS. The Labute approximate surface area is 147 Å². The van der Waals surface area contributed by atoms with Crippen molar-refractivity contribution in [1.82, 2.24) is 16.0 Å². The van der Waals surface area contributed by atoms with E-state index in [1.165, 1.54) is 5.56 Å². The smallest absolute Gasteiger partial charge is 0.251 e. The predicted molar refractivity (Wildman–Crippen MR) is 101 cm³/mol. The highest BCUT2D eigenvalue weighted by atomic mass is 32.1. The highest BCUT2D eigenvalue weighted by Gasteiger charge is 2.08. The average Bonchev–Trinajstić information content (AvgIpc) is 3.16. The number of thiophene rings is 1. The molecule has 1 amide bonds. The van der Waals surface area contributed by atoms with E-state index in [1.54, 1.807) is 31.5 Å². The Bertz CT molecular complexity index is 682. The van der Waals surface area contributed by atoms with Gasteiger partial charge in [-0.2, -0.15) is 11.3 Å². The Kier molecular flexibility index (Phi) is 6.81. The highest BCUT2D eigenvalue weighted by Crippen LogP contribution is 2.16. The van der Waals surface area contributed by atoms with Gasteiger partial charge in [0.05, 0.1) is 0 Å². The largest absolute Gasteiger partial charge is 0.356 e. The molecule has 0 saturated heterocycles. The van der Waals surface area contributed by atoms with Crippen LogP contribution in [-0.2, 0) is 6.54 Å². The average molecular weight is 344 g/mol. The number of carbonyl (C=O) groups excluding carboxylic acids is 1. The molecule has 1 unspecified atom stereocenters. The minimum absolute atomic E-state index is 0.0797. The van der Waals surface area contributed by atoms with Crippen LogP contribution < -0.4 is 16.0 Å². The Morgan fingerprint density at radius 3 is 2.79 bits per heavy atom. The van der Waals surface area contributed by atoms with E-state index in [4.69, 9.17) is 0 Å². The van der Waals surface area contributed by atoms with E-state index in [-0.39, 0.29) is 5.91 Å². The molecule has 1 aromatic carbocycles. The van der Waals surface area contributed by atoms with Crippen molar-refractivity contribution in [2.75, 3.05) is 20.6 Å². The van der Waals surface area contributed by atoms with Crippen molar-refractivity contribution >= 4 is 23.2 Å². The van der Waals surface area contributed by atoms with E-state index in [0.29, 0.717) is 18.0 Å². The fourth-order valence-electron chi connectivity index (χ4n) is 2.30. The number of amides is 1. The number of nitrogens with zero attached hydrogens (tertiary/aromatic N) is 1. The van der Waals surface area contributed by atoms with Gasteiger partial charge in [-0.3, -0.25) is 9.79 Å². The molecule has 2 aromatic rings. The van der Waals surface area contributed by atoms with Crippen LogP contribution in [-0.4, -0.2) is 32.5 Å². The maximum atomic E-state index is 11.7. The molecule has 5 nitrogen and oxygen atoms in total. The molecule has 0 bridgehead atoms. The summed E-state index contributed by atoms with van der Waals surface area (Å²) in [6.45, 7) is 3.61. The summed E-state index contributed by atoms with van der Waals surface area (Å²) in [5.41, 5.74) is 3.02. The van der Waals surface area contributed by atoms with Gasteiger partial charge in [0.15, 0.2) is 5.96 Å². The van der Waals surface area contributed by atoms with Gasteiger partial charge in [0.1, 0.15) is 0 Å². The van der Waals surface area contributed by atoms with Crippen LogP contribution in [0.5, 0.6) is 0 Å². The fourth-order valence-corrected chi connectivity index (χ4v) is 3.08. The third kappa shape index (κ3) is 5.09. The van der Waals surface area contributed by atoms with Crippen LogP contribution in [0.15, 0.2) is 46.1 Å². The Balaban J connectivity index is 1.86. The number of aliphatic imine (C=N–C) groups is 1. The standard InChI is InChI=1S/C18H24N4OS/c1-13(16-7-8-24-12-16)10-21-18(20-3)22-11-14-5-4-6-15(9-14)17(23)19-2/h4-9,12-13H,10-11H2,1-3H3,(H,19,23)(H2,20,21,22). The van der Waals surface area contributed by atoms with Crippen LogP contribution in [0, 0.1) is 0 Å². The molecule has 0 radical (unpaired) electrons. The van der Waals surface area contributed by atoms with Gasteiger partial charge >= 0.3 is 0 Å². The van der Waals surface area contributed by atoms with Crippen LogP contribution in [0.3, 0.4) is 0 Å². The lowest BCUT2D eigenvalue weighted by Gasteiger charge is -2.15. The zero-order valence-corrected chi connectivity index (χ0v) is 15.1. The first-order chi connectivity index (χ1) is 11.6. The molecule has 0 aliphatic rings. The Morgan fingerprint density at radius 1 is 1.29 bits per heavy atom. The van der Waals surface area contributed by atoms with Gasteiger partial charge in [-0.1, -0.05) is 19.1 Å². The Hall–Kier alpha value is -2.34. The SMILES string of the molecule is CN=C(NCc1cccc(C(=O)NC)c1)NCC(C)c1ccsc1. The molecule has 0 spiro atoms. The summed E-state index contributed by atoms with van der Waals surface area (Å²) >= 11 is 1.71. The fraction of sp³-hybridized carbons (Fsp3) is 0.333. The molecule has 6 heteroatoms. The normalized spacial score (nSPS) is 12.5. The summed E-state index contributed by atoms with van der Waals surface area (Å²) in [6, 6.07) is 9.71. The first-order valence-corrected chi connectivity index (χ1v) is 8.86. The molecule has 1 aromatic heterocycles. The molecular weight excluding hydrogens is 320 g/mol. The maximum absolute atomic E-state index is 11.7. The van der Waals surface area contributed by atoms with E-state index >= 15 is 0 Å². The van der Waals surface area contributed by atoms with Crippen molar-refractivity contribution in [3.63, 3.8) is 0 Å². The number of carbonyl (C=O) groups is 1. The predicted octanol–water partition coefficient (Wildman–Crippen LogP) is 2.58. The number of hydrogen-bond acceptors (Lipinski definition) is 3. The van der Waals surface area contributed by atoms with E-state index in [9.17, 15) is 4.79 Å². The monoisotopic (exact) mass is 344 g/mol. The lowest BCUT2D eigenvalue weighted by Crippen LogP contribution is -2.38. The highest BCUT2D eigenvalue weighted by molar-refractivity contribution is 7.07. The summed E-state index contributed by atoms with van der Waals surface area (Å²) in [7, 11) is 3.39.